The van der Waals surface area contributed by atoms with Crippen LogP contribution in [0.4, 0.5) is 0 Å². The first-order chi connectivity index (χ1) is 12.7. The number of methoxy groups -OCH3 is 1. The zero-order valence-corrected chi connectivity index (χ0v) is 16.8. The molecule has 27 heavy (non-hydrogen) atoms. The first kappa shape index (κ1) is 22.7. The average molecular weight is 398 g/mol. The number of amides is 1. The van der Waals surface area contributed by atoms with Crippen molar-refractivity contribution in [1.29, 1.82) is 0 Å². The maximum atomic E-state index is 12.0. The van der Waals surface area contributed by atoms with E-state index in [1.165, 1.54) is 32.4 Å². The molecule has 0 aromatic heterocycles. The molecule has 1 amide bonds. The number of hydrogen-bond donors (Lipinski definition) is 2. The number of ether oxygens (including phenoxy) is 2. The SMILES string of the molecule is CCCC(C)NC(=O)COC(=O)/C=C/c1ccc(OC)c(S(=O)(=O)NC)c1. The minimum atomic E-state index is -3.72. The zero-order chi connectivity index (χ0) is 20.4. The summed E-state index contributed by atoms with van der Waals surface area (Å²) in [7, 11) is -1.06. The summed E-state index contributed by atoms with van der Waals surface area (Å²) in [5.74, 6) is -0.895. The van der Waals surface area contributed by atoms with Gasteiger partial charge in [-0.1, -0.05) is 19.4 Å². The summed E-state index contributed by atoms with van der Waals surface area (Å²) >= 11 is 0. The molecule has 2 N–H and O–H groups in total. The Morgan fingerprint density at radius 2 is 2.00 bits per heavy atom. The van der Waals surface area contributed by atoms with Crippen molar-refractivity contribution in [2.45, 2.75) is 37.6 Å². The number of hydrogen-bond acceptors (Lipinski definition) is 6. The summed E-state index contributed by atoms with van der Waals surface area (Å²) in [6, 6.07) is 4.46. The summed E-state index contributed by atoms with van der Waals surface area (Å²) < 4.78 is 36.2. The van der Waals surface area contributed by atoms with Crippen molar-refractivity contribution in [2.75, 3.05) is 20.8 Å². The Hall–Kier alpha value is -2.39. The molecule has 1 unspecified atom stereocenters. The number of carbonyl (C=O) groups is 2. The van der Waals surface area contributed by atoms with E-state index in [1.807, 2.05) is 13.8 Å². The van der Waals surface area contributed by atoms with Crippen molar-refractivity contribution in [3.63, 3.8) is 0 Å². The second kappa shape index (κ2) is 10.7. The Bertz CT molecular complexity index is 789. The van der Waals surface area contributed by atoms with Crippen LogP contribution in [0.3, 0.4) is 0 Å². The third kappa shape index (κ3) is 7.40. The Kier molecular flexibility index (Phi) is 8.96. The lowest BCUT2D eigenvalue weighted by atomic mass is 10.2. The average Bonchev–Trinajstić information content (AvgIpc) is 2.64. The molecule has 0 aliphatic rings. The smallest absolute Gasteiger partial charge is 0.331 e. The lowest BCUT2D eigenvalue weighted by Gasteiger charge is -2.12. The summed E-state index contributed by atoms with van der Waals surface area (Å²) in [5.41, 5.74) is 0.461. The van der Waals surface area contributed by atoms with Gasteiger partial charge >= 0.3 is 5.97 Å². The van der Waals surface area contributed by atoms with E-state index in [-0.39, 0.29) is 29.2 Å². The Morgan fingerprint density at radius 1 is 1.30 bits per heavy atom. The quantitative estimate of drug-likeness (QED) is 0.456. The molecular formula is C18H26N2O6S. The third-order valence-electron chi connectivity index (χ3n) is 3.63. The van der Waals surface area contributed by atoms with Gasteiger partial charge in [0.05, 0.1) is 7.11 Å². The van der Waals surface area contributed by atoms with Crippen molar-refractivity contribution >= 4 is 28.0 Å². The highest BCUT2D eigenvalue weighted by molar-refractivity contribution is 7.89. The molecule has 1 rings (SSSR count). The molecule has 0 saturated carbocycles. The van der Waals surface area contributed by atoms with Gasteiger partial charge in [0.25, 0.3) is 5.91 Å². The molecule has 0 saturated heterocycles. The predicted molar refractivity (Wildman–Crippen MR) is 102 cm³/mol. The largest absolute Gasteiger partial charge is 0.495 e. The Balaban J connectivity index is 2.73. The van der Waals surface area contributed by atoms with Gasteiger partial charge in [-0.05, 0) is 44.2 Å². The van der Waals surface area contributed by atoms with E-state index in [2.05, 4.69) is 10.0 Å². The van der Waals surface area contributed by atoms with Crippen molar-refractivity contribution in [1.82, 2.24) is 10.0 Å². The predicted octanol–water partition coefficient (Wildman–Crippen LogP) is 1.46. The Morgan fingerprint density at radius 3 is 2.59 bits per heavy atom. The lowest BCUT2D eigenvalue weighted by Crippen LogP contribution is -2.35. The van der Waals surface area contributed by atoms with E-state index in [9.17, 15) is 18.0 Å². The zero-order valence-electron chi connectivity index (χ0n) is 15.9. The molecule has 0 radical (unpaired) electrons. The third-order valence-corrected chi connectivity index (χ3v) is 5.07. The molecule has 1 aromatic rings. The Labute approximate surface area is 160 Å². The van der Waals surface area contributed by atoms with Crippen molar-refractivity contribution in [3.05, 3.63) is 29.8 Å². The monoisotopic (exact) mass is 398 g/mol. The van der Waals surface area contributed by atoms with Gasteiger partial charge < -0.3 is 14.8 Å². The van der Waals surface area contributed by atoms with E-state index in [4.69, 9.17) is 9.47 Å². The van der Waals surface area contributed by atoms with E-state index in [0.717, 1.165) is 18.9 Å². The van der Waals surface area contributed by atoms with Crippen LogP contribution < -0.4 is 14.8 Å². The summed E-state index contributed by atoms with van der Waals surface area (Å²) in [6.07, 6.45) is 4.31. The van der Waals surface area contributed by atoms with Gasteiger partial charge in [-0.2, -0.15) is 0 Å². The molecule has 0 aliphatic heterocycles. The molecule has 0 spiro atoms. The van der Waals surface area contributed by atoms with Crippen molar-refractivity contribution in [3.8, 4) is 5.75 Å². The summed E-state index contributed by atoms with van der Waals surface area (Å²) in [5, 5.41) is 2.73. The van der Waals surface area contributed by atoms with E-state index < -0.39 is 16.0 Å². The lowest BCUT2D eigenvalue weighted by molar-refractivity contribution is -0.144. The minimum absolute atomic E-state index is 0.0172. The highest BCUT2D eigenvalue weighted by Gasteiger charge is 2.17. The van der Waals surface area contributed by atoms with Crippen LogP contribution in [0.5, 0.6) is 5.75 Å². The molecule has 0 bridgehead atoms. The molecular weight excluding hydrogens is 372 g/mol. The second-order valence-corrected chi connectivity index (χ2v) is 7.67. The molecule has 0 aliphatic carbocycles. The summed E-state index contributed by atoms with van der Waals surface area (Å²) in [6.45, 7) is 3.52. The van der Waals surface area contributed by atoms with E-state index in [0.29, 0.717) is 5.56 Å². The van der Waals surface area contributed by atoms with Crippen LogP contribution in [-0.2, 0) is 24.3 Å². The fraction of sp³-hybridized carbons (Fsp3) is 0.444. The van der Waals surface area contributed by atoms with Gasteiger partial charge in [0.15, 0.2) is 6.61 Å². The van der Waals surface area contributed by atoms with Gasteiger partial charge in [-0.3, -0.25) is 4.79 Å². The molecule has 1 atom stereocenters. The van der Waals surface area contributed by atoms with Crippen LogP contribution in [0.15, 0.2) is 29.2 Å². The van der Waals surface area contributed by atoms with Gasteiger partial charge in [-0.15, -0.1) is 0 Å². The van der Waals surface area contributed by atoms with Crippen LogP contribution in [0, 0.1) is 0 Å². The van der Waals surface area contributed by atoms with Crippen LogP contribution in [0.2, 0.25) is 0 Å². The normalized spacial score (nSPS) is 12.6. The molecule has 0 fully saturated rings. The second-order valence-electron chi connectivity index (χ2n) is 5.82. The fourth-order valence-corrected chi connectivity index (χ4v) is 3.22. The van der Waals surface area contributed by atoms with Crippen LogP contribution in [0.1, 0.15) is 32.3 Å². The molecule has 8 nitrogen and oxygen atoms in total. The molecule has 0 heterocycles. The first-order valence-corrected chi connectivity index (χ1v) is 9.97. The number of rotatable bonds is 10. The van der Waals surface area contributed by atoms with Crippen LogP contribution >= 0.6 is 0 Å². The van der Waals surface area contributed by atoms with Crippen LogP contribution in [0.25, 0.3) is 6.08 Å². The number of carbonyl (C=O) groups excluding carboxylic acids is 2. The first-order valence-electron chi connectivity index (χ1n) is 8.49. The molecule has 1 aromatic carbocycles. The fourth-order valence-electron chi connectivity index (χ4n) is 2.29. The topological polar surface area (TPSA) is 111 Å². The summed E-state index contributed by atoms with van der Waals surface area (Å²) in [4.78, 5) is 23.4. The van der Waals surface area contributed by atoms with Crippen molar-refractivity contribution in [2.24, 2.45) is 0 Å². The molecule has 150 valence electrons. The highest BCUT2D eigenvalue weighted by Crippen LogP contribution is 2.25. The maximum absolute atomic E-state index is 12.0. The number of benzene rings is 1. The van der Waals surface area contributed by atoms with Crippen molar-refractivity contribution < 1.29 is 27.5 Å². The van der Waals surface area contributed by atoms with Crippen LogP contribution in [-0.4, -0.2) is 47.1 Å². The van der Waals surface area contributed by atoms with E-state index >= 15 is 0 Å². The van der Waals surface area contributed by atoms with Gasteiger partial charge in [0, 0.05) is 12.1 Å². The number of nitrogens with one attached hydrogen (secondary N) is 2. The standard InChI is InChI=1S/C18H26N2O6S/c1-5-6-13(2)20-17(21)12-26-18(22)10-8-14-7-9-15(25-4)16(11-14)27(23,24)19-3/h7-11,13,19H,5-6,12H2,1-4H3,(H,20,21)/b10-8+. The maximum Gasteiger partial charge on any atom is 0.331 e. The van der Waals surface area contributed by atoms with Gasteiger partial charge in [-0.25, -0.2) is 17.9 Å². The van der Waals surface area contributed by atoms with Gasteiger partial charge in [0.2, 0.25) is 10.0 Å². The van der Waals surface area contributed by atoms with Gasteiger partial charge in [0.1, 0.15) is 10.6 Å². The number of esters is 1. The molecule has 9 heteroatoms. The number of sulfonamides is 1. The van der Waals surface area contributed by atoms with E-state index in [1.54, 1.807) is 6.07 Å². The highest BCUT2D eigenvalue weighted by atomic mass is 32.2. The minimum Gasteiger partial charge on any atom is -0.495 e.